The Morgan fingerprint density at radius 3 is 2.48 bits per heavy atom. The minimum atomic E-state index is -0.888. The molecular formula is C15H17ClN2O3. The van der Waals surface area contributed by atoms with Crippen LogP contribution >= 0.6 is 11.6 Å². The molecule has 21 heavy (non-hydrogen) atoms. The number of allylic oxidation sites excluding steroid dienone is 2. The third-order valence-electron chi connectivity index (χ3n) is 2.98. The molecule has 0 aliphatic carbocycles. The van der Waals surface area contributed by atoms with Crippen LogP contribution in [0.4, 0.5) is 0 Å². The molecule has 1 atom stereocenters. The van der Waals surface area contributed by atoms with Crippen molar-refractivity contribution in [2.24, 2.45) is 5.92 Å². The molecule has 0 fully saturated rings. The zero-order chi connectivity index (χ0) is 16.3. The smallest absolute Gasteiger partial charge is 0.284 e. The number of imide groups is 1. The molecule has 2 amide bonds. The van der Waals surface area contributed by atoms with Gasteiger partial charge in [0.05, 0.1) is 0 Å². The SMILES string of the molecule is C=CC1=C(C)C(C(=C)NC(=C)/C=C(\C)Cl)C(=O)N(O)C1=O. The first-order chi connectivity index (χ1) is 9.70. The van der Waals surface area contributed by atoms with Gasteiger partial charge in [-0.3, -0.25) is 14.8 Å². The van der Waals surface area contributed by atoms with Gasteiger partial charge >= 0.3 is 0 Å². The van der Waals surface area contributed by atoms with Crippen LogP contribution in [0.2, 0.25) is 0 Å². The lowest BCUT2D eigenvalue weighted by atomic mass is 9.88. The highest BCUT2D eigenvalue weighted by Gasteiger charge is 2.39. The second-order valence-electron chi connectivity index (χ2n) is 4.60. The number of carbonyl (C=O) groups excluding carboxylic acids is 2. The van der Waals surface area contributed by atoms with Crippen LogP contribution in [-0.2, 0) is 9.59 Å². The molecule has 112 valence electrons. The van der Waals surface area contributed by atoms with E-state index < -0.39 is 17.7 Å². The minimum Gasteiger partial charge on any atom is -0.359 e. The topological polar surface area (TPSA) is 69.6 Å². The van der Waals surface area contributed by atoms with Crippen LogP contribution in [0.15, 0.2) is 59.5 Å². The Kier molecular flexibility index (Phi) is 5.29. The van der Waals surface area contributed by atoms with Crippen LogP contribution in [0.1, 0.15) is 13.8 Å². The van der Waals surface area contributed by atoms with Gasteiger partial charge in [0.15, 0.2) is 0 Å². The fraction of sp³-hybridized carbons (Fsp3) is 0.200. The highest BCUT2D eigenvalue weighted by molar-refractivity contribution is 6.29. The van der Waals surface area contributed by atoms with Crippen molar-refractivity contribution in [3.63, 3.8) is 0 Å². The first-order valence-electron chi connectivity index (χ1n) is 6.09. The lowest BCUT2D eigenvalue weighted by Gasteiger charge is -2.30. The molecule has 0 aromatic carbocycles. The zero-order valence-corrected chi connectivity index (χ0v) is 12.7. The van der Waals surface area contributed by atoms with Crippen LogP contribution in [-0.4, -0.2) is 22.1 Å². The Morgan fingerprint density at radius 2 is 2.00 bits per heavy atom. The van der Waals surface area contributed by atoms with Crippen molar-refractivity contribution in [1.29, 1.82) is 0 Å². The van der Waals surface area contributed by atoms with E-state index in [1.54, 1.807) is 19.9 Å². The molecule has 1 unspecified atom stereocenters. The predicted octanol–water partition coefficient (Wildman–Crippen LogP) is 2.62. The molecule has 0 saturated carbocycles. The summed E-state index contributed by atoms with van der Waals surface area (Å²) >= 11 is 5.74. The Hall–Kier alpha value is -2.11. The fourth-order valence-electron chi connectivity index (χ4n) is 2.06. The number of rotatable bonds is 5. The first-order valence-corrected chi connectivity index (χ1v) is 6.47. The van der Waals surface area contributed by atoms with E-state index in [-0.39, 0.29) is 16.3 Å². The minimum absolute atomic E-state index is 0.0763. The molecule has 0 spiro atoms. The summed E-state index contributed by atoms with van der Waals surface area (Å²) in [5.74, 6) is -2.46. The molecule has 0 aromatic heterocycles. The van der Waals surface area contributed by atoms with Crippen LogP contribution in [0.3, 0.4) is 0 Å². The second-order valence-corrected chi connectivity index (χ2v) is 5.19. The zero-order valence-electron chi connectivity index (χ0n) is 11.9. The average Bonchev–Trinajstić information content (AvgIpc) is 2.35. The number of nitrogens with one attached hydrogen (secondary N) is 1. The number of hydrogen-bond donors (Lipinski definition) is 2. The van der Waals surface area contributed by atoms with E-state index in [4.69, 9.17) is 11.6 Å². The lowest BCUT2D eigenvalue weighted by Crippen LogP contribution is -2.45. The van der Waals surface area contributed by atoms with Gasteiger partial charge in [-0.15, -0.1) is 0 Å². The summed E-state index contributed by atoms with van der Waals surface area (Å²) in [4.78, 5) is 23.8. The Bertz CT molecular complexity index is 598. The van der Waals surface area contributed by atoms with Gasteiger partial charge in [-0.1, -0.05) is 37.4 Å². The average molecular weight is 309 g/mol. The summed E-state index contributed by atoms with van der Waals surface area (Å²) in [7, 11) is 0. The summed E-state index contributed by atoms with van der Waals surface area (Å²) in [6.45, 7) is 14.3. The molecule has 5 nitrogen and oxygen atoms in total. The molecule has 0 aromatic rings. The molecule has 1 aliphatic rings. The van der Waals surface area contributed by atoms with E-state index in [0.29, 0.717) is 16.3 Å². The molecule has 0 saturated heterocycles. The van der Waals surface area contributed by atoms with E-state index in [1.165, 1.54) is 6.08 Å². The molecule has 1 aliphatic heterocycles. The fourth-order valence-corrected chi connectivity index (χ4v) is 2.19. The number of nitrogens with zero attached hydrogens (tertiary/aromatic N) is 1. The van der Waals surface area contributed by atoms with Crippen molar-refractivity contribution in [3.05, 3.63) is 59.5 Å². The summed E-state index contributed by atoms with van der Waals surface area (Å²) in [5, 5.41) is 13.0. The van der Waals surface area contributed by atoms with Crippen molar-refractivity contribution in [2.45, 2.75) is 13.8 Å². The van der Waals surface area contributed by atoms with Gasteiger partial charge in [0.25, 0.3) is 11.8 Å². The second kappa shape index (κ2) is 6.56. The van der Waals surface area contributed by atoms with Gasteiger partial charge in [-0.2, -0.15) is 5.06 Å². The molecule has 0 bridgehead atoms. The van der Waals surface area contributed by atoms with Crippen LogP contribution < -0.4 is 5.32 Å². The van der Waals surface area contributed by atoms with Crippen molar-refractivity contribution < 1.29 is 14.8 Å². The number of hydrogen-bond acceptors (Lipinski definition) is 4. The third kappa shape index (κ3) is 3.51. The summed E-state index contributed by atoms with van der Waals surface area (Å²) < 4.78 is 0. The molecule has 1 rings (SSSR count). The maximum atomic E-state index is 12.1. The number of amides is 2. The van der Waals surface area contributed by atoms with Crippen molar-refractivity contribution in [2.75, 3.05) is 0 Å². The highest BCUT2D eigenvalue weighted by atomic mass is 35.5. The van der Waals surface area contributed by atoms with E-state index in [0.717, 1.165) is 0 Å². The first kappa shape index (κ1) is 16.9. The Labute approximate surface area is 128 Å². The quantitative estimate of drug-likeness (QED) is 0.465. The van der Waals surface area contributed by atoms with Crippen LogP contribution in [0.25, 0.3) is 0 Å². The molecule has 1 heterocycles. The summed E-state index contributed by atoms with van der Waals surface area (Å²) in [6.07, 6.45) is 2.86. The lowest BCUT2D eigenvalue weighted by molar-refractivity contribution is -0.179. The van der Waals surface area contributed by atoms with Gasteiger partial charge in [-0.05, 0) is 25.5 Å². The van der Waals surface area contributed by atoms with Crippen LogP contribution in [0, 0.1) is 5.92 Å². The van der Waals surface area contributed by atoms with Gasteiger partial charge in [0.1, 0.15) is 5.92 Å². The predicted molar refractivity (Wildman–Crippen MR) is 81.1 cm³/mol. The number of halogens is 1. The monoisotopic (exact) mass is 308 g/mol. The number of carbonyl (C=O) groups is 2. The molecule has 6 heteroatoms. The van der Waals surface area contributed by atoms with Crippen molar-refractivity contribution in [3.8, 4) is 0 Å². The standard InChI is InChI=1S/C15H17ClN2O3/c1-6-12-10(4)13(15(20)18(21)14(12)19)11(5)17-9(3)7-8(2)16/h6-7,13,17,21H,1,3,5H2,2,4H3/b8-7+. The molecule has 2 N–H and O–H groups in total. The normalized spacial score (nSPS) is 19.7. The summed E-state index contributed by atoms with van der Waals surface area (Å²) in [6, 6.07) is 0. The van der Waals surface area contributed by atoms with Gasteiger partial charge in [0.2, 0.25) is 0 Å². The van der Waals surface area contributed by atoms with Crippen LogP contribution in [0.5, 0.6) is 0 Å². The van der Waals surface area contributed by atoms with E-state index in [2.05, 4.69) is 25.1 Å². The number of hydroxylamine groups is 2. The van der Waals surface area contributed by atoms with E-state index >= 15 is 0 Å². The Morgan fingerprint density at radius 1 is 1.43 bits per heavy atom. The van der Waals surface area contributed by atoms with Crippen molar-refractivity contribution >= 4 is 23.4 Å². The largest absolute Gasteiger partial charge is 0.359 e. The molecule has 0 radical (unpaired) electrons. The molecular weight excluding hydrogens is 292 g/mol. The highest BCUT2D eigenvalue weighted by Crippen LogP contribution is 2.29. The maximum absolute atomic E-state index is 12.1. The van der Waals surface area contributed by atoms with Gasteiger partial charge in [-0.25, -0.2) is 0 Å². The van der Waals surface area contributed by atoms with Crippen molar-refractivity contribution in [1.82, 2.24) is 10.4 Å². The Balaban J connectivity index is 3.13. The van der Waals surface area contributed by atoms with E-state index in [1.807, 2.05) is 0 Å². The van der Waals surface area contributed by atoms with Gasteiger partial charge < -0.3 is 5.32 Å². The maximum Gasteiger partial charge on any atom is 0.284 e. The van der Waals surface area contributed by atoms with Gasteiger partial charge in [0, 0.05) is 22.0 Å². The third-order valence-corrected chi connectivity index (χ3v) is 3.09. The van der Waals surface area contributed by atoms with E-state index in [9.17, 15) is 14.8 Å². The summed E-state index contributed by atoms with van der Waals surface area (Å²) in [5.41, 5.74) is 1.35.